The molecule has 2 amide bonds. The van der Waals surface area contributed by atoms with Crippen molar-refractivity contribution in [2.75, 3.05) is 50.4 Å². The van der Waals surface area contributed by atoms with Gasteiger partial charge in [-0.15, -0.1) is 0 Å². The van der Waals surface area contributed by atoms with Crippen LogP contribution in [0.15, 0.2) is 12.1 Å². The number of nitrogen functional groups attached to an aromatic ring is 1. The Morgan fingerprint density at radius 2 is 1.71 bits per heavy atom. The van der Waals surface area contributed by atoms with Crippen molar-refractivity contribution in [3.05, 3.63) is 17.7 Å². The standard InChI is InChI=1S/C20H32N4O4/c1-6-22-16-13-17(27-7-2)14(12-15(16)21)18(25)23-8-10-24(11-9-23)19(26)28-20(3,4)5/h12-13,22H,6-11,21H2,1-5H3. The number of carbonyl (C=O) groups excluding carboxylic acids is 2. The molecule has 0 atom stereocenters. The number of rotatable bonds is 5. The lowest BCUT2D eigenvalue weighted by Gasteiger charge is -2.35. The molecule has 28 heavy (non-hydrogen) atoms. The van der Waals surface area contributed by atoms with Crippen LogP contribution in [0.3, 0.4) is 0 Å². The smallest absolute Gasteiger partial charge is 0.410 e. The average Bonchev–Trinajstić information content (AvgIpc) is 2.63. The Morgan fingerprint density at radius 1 is 1.11 bits per heavy atom. The first kappa shape index (κ1) is 21.7. The van der Waals surface area contributed by atoms with Crippen molar-refractivity contribution in [3.8, 4) is 5.75 Å². The van der Waals surface area contributed by atoms with Gasteiger partial charge in [-0.3, -0.25) is 4.79 Å². The fourth-order valence-corrected chi connectivity index (χ4v) is 2.97. The molecule has 3 N–H and O–H groups in total. The zero-order valence-corrected chi connectivity index (χ0v) is 17.5. The zero-order chi connectivity index (χ0) is 20.9. The molecule has 1 fully saturated rings. The molecule has 8 heteroatoms. The summed E-state index contributed by atoms with van der Waals surface area (Å²) < 4.78 is 11.1. The minimum Gasteiger partial charge on any atom is -0.493 e. The van der Waals surface area contributed by atoms with Crippen LogP contribution in [0.2, 0.25) is 0 Å². The predicted molar refractivity (Wildman–Crippen MR) is 110 cm³/mol. The second kappa shape index (κ2) is 9.03. The van der Waals surface area contributed by atoms with Crippen molar-refractivity contribution in [1.82, 2.24) is 9.80 Å². The summed E-state index contributed by atoms with van der Waals surface area (Å²) >= 11 is 0. The highest BCUT2D eigenvalue weighted by Gasteiger charge is 2.29. The van der Waals surface area contributed by atoms with Gasteiger partial charge in [0.25, 0.3) is 5.91 Å². The van der Waals surface area contributed by atoms with Crippen molar-refractivity contribution in [3.63, 3.8) is 0 Å². The first-order valence-electron chi connectivity index (χ1n) is 9.73. The van der Waals surface area contributed by atoms with Gasteiger partial charge in [-0.2, -0.15) is 0 Å². The maximum absolute atomic E-state index is 13.1. The SMILES string of the molecule is CCNc1cc(OCC)c(C(=O)N2CCN(C(=O)OC(C)(C)C)CC2)cc1N. The van der Waals surface area contributed by atoms with Gasteiger partial charge in [0, 0.05) is 38.8 Å². The molecule has 1 aromatic rings. The molecule has 0 spiro atoms. The van der Waals surface area contributed by atoms with Crippen molar-refractivity contribution in [2.24, 2.45) is 0 Å². The molecule has 1 saturated heterocycles. The molecule has 1 aliphatic rings. The molecule has 2 rings (SSSR count). The summed E-state index contributed by atoms with van der Waals surface area (Å²) in [4.78, 5) is 28.6. The summed E-state index contributed by atoms with van der Waals surface area (Å²) in [5.41, 5.74) is 7.25. The van der Waals surface area contributed by atoms with Crippen LogP contribution in [0.4, 0.5) is 16.2 Å². The third kappa shape index (κ3) is 5.43. The molecule has 0 aromatic heterocycles. The molecule has 0 saturated carbocycles. The number of ether oxygens (including phenoxy) is 2. The van der Waals surface area contributed by atoms with Gasteiger partial charge >= 0.3 is 6.09 Å². The molecule has 0 unspecified atom stereocenters. The van der Waals surface area contributed by atoms with Gasteiger partial charge < -0.3 is 30.3 Å². The first-order chi connectivity index (χ1) is 13.2. The molecule has 156 valence electrons. The minimum atomic E-state index is -0.539. The predicted octanol–water partition coefficient (Wildman–Crippen LogP) is 2.79. The van der Waals surface area contributed by atoms with E-state index in [9.17, 15) is 9.59 Å². The van der Waals surface area contributed by atoms with Crippen LogP contribution in [0, 0.1) is 0 Å². The number of amides is 2. The van der Waals surface area contributed by atoms with Crippen LogP contribution in [0.1, 0.15) is 45.0 Å². The molecular formula is C20H32N4O4. The van der Waals surface area contributed by atoms with Crippen molar-refractivity contribution in [1.29, 1.82) is 0 Å². The number of carbonyl (C=O) groups is 2. The molecule has 1 heterocycles. The second-order valence-corrected chi connectivity index (χ2v) is 7.66. The summed E-state index contributed by atoms with van der Waals surface area (Å²) in [5.74, 6) is 0.356. The highest BCUT2D eigenvalue weighted by atomic mass is 16.6. The monoisotopic (exact) mass is 392 g/mol. The quantitative estimate of drug-likeness (QED) is 0.748. The summed E-state index contributed by atoms with van der Waals surface area (Å²) in [6, 6.07) is 3.43. The van der Waals surface area contributed by atoms with E-state index in [2.05, 4.69) is 5.32 Å². The largest absolute Gasteiger partial charge is 0.493 e. The van der Waals surface area contributed by atoms with Gasteiger partial charge in [-0.25, -0.2) is 4.79 Å². The fraction of sp³-hybridized carbons (Fsp3) is 0.600. The van der Waals surface area contributed by atoms with E-state index < -0.39 is 5.60 Å². The summed E-state index contributed by atoms with van der Waals surface area (Å²) in [7, 11) is 0. The fourth-order valence-electron chi connectivity index (χ4n) is 2.97. The third-order valence-corrected chi connectivity index (χ3v) is 4.27. The van der Waals surface area contributed by atoms with Crippen LogP contribution in [-0.2, 0) is 4.74 Å². The van der Waals surface area contributed by atoms with Gasteiger partial charge in [-0.1, -0.05) is 0 Å². The number of hydrogen-bond acceptors (Lipinski definition) is 6. The third-order valence-electron chi connectivity index (χ3n) is 4.27. The van der Waals surface area contributed by atoms with Crippen LogP contribution < -0.4 is 15.8 Å². The average molecular weight is 393 g/mol. The molecule has 0 radical (unpaired) electrons. The number of hydrogen-bond donors (Lipinski definition) is 2. The first-order valence-corrected chi connectivity index (χ1v) is 9.73. The van der Waals surface area contributed by atoms with Crippen LogP contribution >= 0.6 is 0 Å². The normalized spacial score (nSPS) is 14.6. The Morgan fingerprint density at radius 3 is 2.25 bits per heavy atom. The van der Waals surface area contributed by atoms with Crippen LogP contribution in [0.25, 0.3) is 0 Å². The highest BCUT2D eigenvalue weighted by molar-refractivity contribution is 5.99. The van der Waals surface area contributed by atoms with E-state index in [1.54, 1.807) is 21.9 Å². The molecular weight excluding hydrogens is 360 g/mol. The number of nitrogens with zero attached hydrogens (tertiary/aromatic N) is 2. The summed E-state index contributed by atoms with van der Waals surface area (Å²) in [6.07, 6.45) is -0.353. The Labute approximate surface area is 166 Å². The van der Waals surface area contributed by atoms with Crippen molar-refractivity contribution >= 4 is 23.4 Å². The van der Waals surface area contributed by atoms with Crippen LogP contribution in [-0.4, -0.2) is 66.7 Å². The Kier molecular flexibility index (Phi) is 6.99. The Bertz CT molecular complexity index is 707. The number of benzene rings is 1. The lowest BCUT2D eigenvalue weighted by atomic mass is 10.1. The van der Waals surface area contributed by atoms with Gasteiger partial charge in [0.1, 0.15) is 11.4 Å². The van der Waals surface area contributed by atoms with Crippen LogP contribution in [0.5, 0.6) is 5.75 Å². The van der Waals surface area contributed by atoms with Crippen molar-refractivity contribution in [2.45, 2.75) is 40.2 Å². The van der Waals surface area contributed by atoms with Gasteiger partial charge in [0.05, 0.1) is 23.5 Å². The van der Waals surface area contributed by atoms with E-state index in [1.165, 1.54) is 0 Å². The van der Waals surface area contributed by atoms with E-state index in [1.807, 2.05) is 34.6 Å². The van der Waals surface area contributed by atoms with Gasteiger partial charge in [0.2, 0.25) is 0 Å². The maximum Gasteiger partial charge on any atom is 0.410 e. The summed E-state index contributed by atoms with van der Waals surface area (Å²) in [6.45, 7) is 12.2. The molecule has 0 aliphatic carbocycles. The number of nitrogens with one attached hydrogen (secondary N) is 1. The minimum absolute atomic E-state index is 0.151. The lowest BCUT2D eigenvalue weighted by Crippen LogP contribution is -2.51. The zero-order valence-electron chi connectivity index (χ0n) is 17.5. The molecule has 0 bridgehead atoms. The summed E-state index contributed by atoms with van der Waals surface area (Å²) in [5, 5.41) is 3.17. The van der Waals surface area contributed by atoms with Crippen molar-refractivity contribution < 1.29 is 19.1 Å². The highest BCUT2D eigenvalue weighted by Crippen LogP contribution is 2.30. The molecule has 1 aliphatic heterocycles. The topological polar surface area (TPSA) is 97.1 Å². The number of nitrogens with two attached hydrogens (primary N) is 1. The lowest BCUT2D eigenvalue weighted by molar-refractivity contribution is 0.0140. The van der Waals surface area contributed by atoms with Gasteiger partial charge in [-0.05, 0) is 40.7 Å². The Hall–Kier alpha value is -2.64. The second-order valence-electron chi connectivity index (χ2n) is 7.66. The molecule has 8 nitrogen and oxygen atoms in total. The van der Waals surface area contributed by atoms with E-state index in [0.717, 1.165) is 12.2 Å². The van der Waals surface area contributed by atoms with Gasteiger partial charge in [0.15, 0.2) is 0 Å². The van der Waals surface area contributed by atoms with E-state index in [4.69, 9.17) is 15.2 Å². The Balaban J connectivity index is 2.10. The number of piperazine rings is 1. The van der Waals surface area contributed by atoms with E-state index >= 15 is 0 Å². The molecule has 1 aromatic carbocycles. The van der Waals surface area contributed by atoms with E-state index in [-0.39, 0.29) is 12.0 Å². The van der Waals surface area contributed by atoms with E-state index in [0.29, 0.717) is 49.8 Å². The maximum atomic E-state index is 13.1. The number of anilines is 2.